The van der Waals surface area contributed by atoms with Crippen LogP contribution >= 0.6 is 0 Å². The number of amides is 2. The second-order valence-electron chi connectivity index (χ2n) is 7.19. The molecule has 1 aliphatic rings. The number of methoxy groups -OCH3 is 1. The maximum absolute atomic E-state index is 14.6. The van der Waals surface area contributed by atoms with Gasteiger partial charge in [-0.25, -0.2) is 13.8 Å². The van der Waals surface area contributed by atoms with Gasteiger partial charge in [-0.15, -0.1) is 0 Å². The summed E-state index contributed by atoms with van der Waals surface area (Å²) in [6.07, 6.45) is 0.524. The zero-order chi connectivity index (χ0) is 22.4. The molecule has 1 atom stereocenters. The molecule has 0 saturated carbocycles. The molecule has 0 aromatic heterocycles. The molecular formula is C23H25F2N3O3. The minimum absolute atomic E-state index is 0.185. The summed E-state index contributed by atoms with van der Waals surface area (Å²) in [6, 6.07) is 11.3. The fourth-order valence-corrected chi connectivity index (χ4v) is 3.50. The average Bonchev–Trinajstić information content (AvgIpc) is 3.22. The number of hydrogen-bond donors (Lipinski definition) is 0. The number of carbonyl (C=O) groups is 2. The monoisotopic (exact) mass is 429 g/mol. The molecule has 31 heavy (non-hydrogen) atoms. The summed E-state index contributed by atoms with van der Waals surface area (Å²) in [7, 11) is 1.52. The molecule has 2 aromatic carbocycles. The number of hydrazone groups is 1. The summed E-state index contributed by atoms with van der Waals surface area (Å²) in [5.41, 5.74) is 1.53. The zero-order valence-electron chi connectivity index (χ0n) is 17.6. The van der Waals surface area contributed by atoms with E-state index in [0.29, 0.717) is 23.4 Å². The molecule has 1 aliphatic heterocycles. The van der Waals surface area contributed by atoms with Gasteiger partial charge in [0.15, 0.2) is 0 Å². The number of carbonyl (C=O) groups excluding carboxylic acids is 2. The van der Waals surface area contributed by atoms with Gasteiger partial charge in [0, 0.05) is 32.1 Å². The number of ether oxygens (including phenoxy) is 1. The van der Waals surface area contributed by atoms with E-state index in [1.54, 1.807) is 37.3 Å². The normalized spacial score (nSPS) is 15.7. The lowest BCUT2D eigenvalue weighted by Gasteiger charge is -2.27. The van der Waals surface area contributed by atoms with Crippen molar-refractivity contribution in [3.63, 3.8) is 0 Å². The van der Waals surface area contributed by atoms with Crippen molar-refractivity contribution in [2.45, 2.75) is 25.8 Å². The molecule has 0 unspecified atom stereocenters. The van der Waals surface area contributed by atoms with Crippen molar-refractivity contribution in [1.82, 2.24) is 9.91 Å². The summed E-state index contributed by atoms with van der Waals surface area (Å²) < 4.78 is 32.9. The van der Waals surface area contributed by atoms with Crippen LogP contribution in [0.4, 0.5) is 8.78 Å². The van der Waals surface area contributed by atoms with Gasteiger partial charge in [0.05, 0.1) is 18.4 Å². The van der Waals surface area contributed by atoms with Crippen LogP contribution < -0.4 is 0 Å². The van der Waals surface area contributed by atoms with Gasteiger partial charge in [0.1, 0.15) is 18.2 Å². The Balaban J connectivity index is 1.91. The third kappa shape index (κ3) is 5.32. The molecule has 0 bridgehead atoms. The van der Waals surface area contributed by atoms with Crippen LogP contribution in [0, 0.1) is 11.6 Å². The lowest BCUT2D eigenvalue weighted by Crippen LogP contribution is -2.42. The second-order valence-corrected chi connectivity index (χ2v) is 7.19. The third-order valence-electron chi connectivity index (χ3n) is 5.15. The number of hydrogen-bond acceptors (Lipinski definition) is 4. The van der Waals surface area contributed by atoms with E-state index >= 15 is 0 Å². The molecule has 0 spiro atoms. The molecule has 0 aliphatic carbocycles. The van der Waals surface area contributed by atoms with Crippen LogP contribution in [0.2, 0.25) is 0 Å². The van der Waals surface area contributed by atoms with Crippen molar-refractivity contribution in [3.8, 4) is 0 Å². The molecule has 8 heteroatoms. The van der Waals surface area contributed by atoms with E-state index in [0.717, 1.165) is 0 Å². The Bertz CT molecular complexity index is 963. The first kappa shape index (κ1) is 22.6. The van der Waals surface area contributed by atoms with E-state index in [2.05, 4.69) is 5.10 Å². The van der Waals surface area contributed by atoms with Crippen LogP contribution in [0.1, 0.15) is 36.9 Å². The van der Waals surface area contributed by atoms with Crippen LogP contribution in [0.25, 0.3) is 0 Å². The molecule has 164 valence electrons. The quantitative estimate of drug-likeness (QED) is 0.645. The summed E-state index contributed by atoms with van der Waals surface area (Å²) in [5, 5.41) is 5.68. The van der Waals surface area contributed by atoms with Gasteiger partial charge in [0.2, 0.25) is 5.91 Å². The number of rotatable bonds is 8. The minimum Gasteiger partial charge on any atom is -0.383 e. The first-order valence-corrected chi connectivity index (χ1v) is 10.1. The predicted molar refractivity (Wildman–Crippen MR) is 112 cm³/mol. The van der Waals surface area contributed by atoms with Crippen LogP contribution in [0.3, 0.4) is 0 Å². The van der Waals surface area contributed by atoms with Crippen LogP contribution in [0.15, 0.2) is 53.6 Å². The molecule has 3 rings (SSSR count). The Kier molecular flexibility index (Phi) is 7.46. The maximum Gasteiger partial charge on any atom is 0.262 e. The van der Waals surface area contributed by atoms with Crippen LogP contribution in [-0.2, 0) is 14.3 Å². The van der Waals surface area contributed by atoms with Gasteiger partial charge >= 0.3 is 0 Å². The molecule has 0 fully saturated rings. The number of nitrogens with zero attached hydrogens (tertiary/aromatic N) is 3. The lowest BCUT2D eigenvalue weighted by atomic mass is 9.98. The molecule has 1 heterocycles. The van der Waals surface area contributed by atoms with Gasteiger partial charge in [-0.1, -0.05) is 37.3 Å². The standard InChI is InChI=1S/C23H25F2N3O3/c1-3-22(29)27(12-13-31-2)15-23(30)28-21(18-6-4-5-7-19(18)25)14-20(26-28)16-8-10-17(24)11-9-16/h4-11,21H,3,12-15H2,1-2H3/t21-/m0/s1. The van der Waals surface area contributed by atoms with Crippen molar-refractivity contribution in [2.75, 3.05) is 26.8 Å². The first-order valence-electron chi connectivity index (χ1n) is 10.1. The van der Waals surface area contributed by atoms with E-state index < -0.39 is 17.8 Å². The first-order chi connectivity index (χ1) is 14.9. The molecule has 0 saturated heterocycles. The zero-order valence-corrected chi connectivity index (χ0v) is 17.6. The average molecular weight is 429 g/mol. The van der Waals surface area contributed by atoms with E-state index in [1.807, 2.05) is 0 Å². The summed E-state index contributed by atoms with van der Waals surface area (Å²) in [6.45, 7) is 2.08. The highest BCUT2D eigenvalue weighted by Crippen LogP contribution is 2.34. The van der Waals surface area contributed by atoms with Crippen molar-refractivity contribution in [3.05, 3.63) is 71.3 Å². The summed E-state index contributed by atoms with van der Waals surface area (Å²) >= 11 is 0. The van der Waals surface area contributed by atoms with Gasteiger partial charge < -0.3 is 9.64 Å². The van der Waals surface area contributed by atoms with Gasteiger partial charge in [0.25, 0.3) is 5.91 Å². The maximum atomic E-state index is 14.6. The van der Waals surface area contributed by atoms with Crippen molar-refractivity contribution >= 4 is 17.5 Å². The lowest BCUT2D eigenvalue weighted by molar-refractivity contribution is -0.142. The second kappa shape index (κ2) is 10.3. The van der Waals surface area contributed by atoms with E-state index in [-0.39, 0.29) is 37.7 Å². The van der Waals surface area contributed by atoms with Crippen LogP contribution in [-0.4, -0.2) is 54.2 Å². The van der Waals surface area contributed by atoms with E-state index in [1.165, 1.54) is 35.2 Å². The fourth-order valence-electron chi connectivity index (χ4n) is 3.50. The number of benzene rings is 2. The van der Waals surface area contributed by atoms with Gasteiger partial charge in [-0.05, 0) is 23.8 Å². The van der Waals surface area contributed by atoms with E-state index in [9.17, 15) is 18.4 Å². The van der Waals surface area contributed by atoms with Crippen molar-refractivity contribution in [2.24, 2.45) is 5.10 Å². The molecule has 0 radical (unpaired) electrons. The fraction of sp³-hybridized carbons (Fsp3) is 0.348. The Morgan fingerprint density at radius 2 is 1.87 bits per heavy atom. The highest BCUT2D eigenvalue weighted by molar-refractivity contribution is 6.03. The predicted octanol–water partition coefficient (Wildman–Crippen LogP) is 3.53. The topological polar surface area (TPSA) is 62.2 Å². The Labute approximate surface area is 180 Å². The SMILES string of the molecule is CCC(=O)N(CCOC)CC(=O)N1N=C(c2ccc(F)cc2)C[C@H]1c1ccccc1F. The molecule has 6 nitrogen and oxygen atoms in total. The van der Waals surface area contributed by atoms with Gasteiger partial charge in [-0.3, -0.25) is 9.59 Å². The van der Waals surface area contributed by atoms with E-state index in [4.69, 9.17) is 4.74 Å². The Morgan fingerprint density at radius 1 is 1.16 bits per heavy atom. The van der Waals surface area contributed by atoms with Gasteiger partial charge in [-0.2, -0.15) is 5.10 Å². The highest BCUT2D eigenvalue weighted by Gasteiger charge is 2.35. The van der Waals surface area contributed by atoms with Crippen molar-refractivity contribution < 1.29 is 23.1 Å². The summed E-state index contributed by atoms with van der Waals surface area (Å²) in [4.78, 5) is 26.8. The molecular weight excluding hydrogens is 404 g/mol. The molecule has 2 amide bonds. The van der Waals surface area contributed by atoms with Crippen molar-refractivity contribution in [1.29, 1.82) is 0 Å². The van der Waals surface area contributed by atoms with Crippen LogP contribution in [0.5, 0.6) is 0 Å². The minimum atomic E-state index is -0.658. The molecule has 0 N–H and O–H groups in total. The molecule has 2 aromatic rings. The largest absolute Gasteiger partial charge is 0.383 e. The highest BCUT2D eigenvalue weighted by atomic mass is 19.1. The summed E-state index contributed by atoms with van der Waals surface area (Å²) in [5.74, 6) is -1.44. The Morgan fingerprint density at radius 3 is 2.52 bits per heavy atom. The third-order valence-corrected chi connectivity index (χ3v) is 5.15. The number of halogens is 2. The smallest absolute Gasteiger partial charge is 0.262 e. The Hall–Kier alpha value is -3.13.